The first-order valence-corrected chi connectivity index (χ1v) is 7.58. The predicted octanol–water partition coefficient (Wildman–Crippen LogP) is 2.98. The number of hydrogen-bond donors (Lipinski definition) is 1. The maximum absolute atomic E-state index is 6.32. The van der Waals surface area contributed by atoms with E-state index in [2.05, 4.69) is 11.8 Å². The lowest BCUT2D eigenvalue weighted by Gasteiger charge is -2.39. The highest BCUT2D eigenvalue weighted by Gasteiger charge is 2.30. The molecule has 0 aromatic heterocycles. The maximum Gasteiger partial charge on any atom is 0.104 e. The van der Waals surface area contributed by atoms with E-state index in [4.69, 9.17) is 34.3 Å². The zero-order valence-corrected chi connectivity index (χ0v) is 13.6. The number of ether oxygens (including phenoxy) is 1. The third-order valence-corrected chi connectivity index (χ3v) is 4.55. The lowest BCUT2D eigenvalue weighted by atomic mass is 9.94. The number of likely N-dealkylation sites (tertiary alicyclic amines) is 1. The summed E-state index contributed by atoms with van der Waals surface area (Å²) in [5.74, 6) is 0. The predicted molar refractivity (Wildman–Crippen MR) is 87.3 cm³/mol. The van der Waals surface area contributed by atoms with Crippen molar-refractivity contribution in [2.75, 3.05) is 20.2 Å². The van der Waals surface area contributed by atoms with Gasteiger partial charge in [0.2, 0.25) is 0 Å². The second-order valence-corrected chi connectivity index (χ2v) is 6.49. The summed E-state index contributed by atoms with van der Waals surface area (Å²) < 4.78 is 5.62. The number of piperidine rings is 1. The van der Waals surface area contributed by atoms with Gasteiger partial charge in [-0.3, -0.25) is 4.90 Å². The molecule has 1 atom stereocenters. The van der Waals surface area contributed by atoms with Crippen molar-refractivity contribution in [3.05, 3.63) is 34.3 Å². The van der Waals surface area contributed by atoms with E-state index in [0.29, 0.717) is 4.99 Å². The lowest BCUT2D eigenvalue weighted by Crippen LogP contribution is -2.46. The molecule has 2 rings (SSSR count). The molecule has 1 aromatic rings. The molecule has 0 spiro atoms. The first kappa shape index (κ1) is 15.7. The summed E-state index contributed by atoms with van der Waals surface area (Å²) in [6.07, 6.45) is 2.25. The monoisotopic (exact) mass is 312 g/mol. The second-order valence-electron chi connectivity index (χ2n) is 5.64. The molecule has 1 unspecified atom stereocenters. The Hall–Kier alpha value is -0.680. The molecule has 110 valence electrons. The fourth-order valence-electron chi connectivity index (χ4n) is 2.68. The second kappa shape index (κ2) is 6.39. The molecule has 0 aliphatic carbocycles. The summed E-state index contributed by atoms with van der Waals surface area (Å²) in [4.78, 5) is 2.76. The summed E-state index contributed by atoms with van der Waals surface area (Å²) in [7, 11) is 1.79. The van der Waals surface area contributed by atoms with Crippen LogP contribution in [-0.4, -0.2) is 35.7 Å². The minimum absolute atomic E-state index is 0.0521. The van der Waals surface area contributed by atoms with Crippen LogP contribution >= 0.6 is 23.8 Å². The van der Waals surface area contributed by atoms with Crippen molar-refractivity contribution >= 4 is 28.8 Å². The molecule has 1 aliphatic heterocycles. The summed E-state index contributed by atoms with van der Waals surface area (Å²) in [5.41, 5.74) is 7.48. The molecule has 0 saturated carbocycles. The molecule has 0 radical (unpaired) electrons. The molecule has 3 nitrogen and oxygen atoms in total. The minimum atomic E-state index is -0.0521. The molecule has 5 heteroatoms. The van der Waals surface area contributed by atoms with Gasteiger partial charge in [0.05, 0.1) is 5.60 Å². The molecule has 20 heavy (non-hydrogen) atoms. The van der Waals surface area contributed by atoms with Crippen LogP contribution in [0.1, 0.15) is 30.9 Å². The van der Waals surface area contributed by atoms with E-state index in [9.17, 15) is 0 Å². The Labute approximate surface area is 131 Å². The standard InChI is InChI=1S/C15H21ClN2OS/c1-15(19-2)6-3-7-18(10-15)9-12-5-4-11(14(17)20)8-13(12)16/h4-5,8H,3,6-7,9-10H2,1-2H3,(H2,17,20). The van der Waals surface area contributed by atoms with Gasteiger partial charge < -0.3 is 10.5 Å². The van der Waals surface area contributed by atoms with Crippen molar-refractivity contribution in [3.63, 3.8) is 0 Å². The van der Waals surface area contributed by atoms with Crippen molar-refractivity contribution in [2.45, 2.75) is 31.9 Å². The number of rotatable bonds is 4. The Balaban J connectivity index is 2.08. The van der Waals surface area contributed by atoms with Crippen molar-refractivity contribution in [1.82, 2.24) is 4.90 Å². The highest BCUT2D eigenvalue weighted by Crippen LogP contribution is 2.27. The summed E-state index contributed by atoms with van der Waals surface area (Å²) in [5, 5.41) is 0.722. The van der Waals surface area contributed by atoms with E-state index in [0.717, 1.165) is 48.6 Å². The molecular formula is C15H21ClN2OS. The Morgan fingerprint density at radius 2 is 2.30 bits per heavy atom. The van der Waals surface area contributed by atoms with Gasteiger partial charge in [-0.1, -0.05) is 36.0 Å². The van der Waals surface area contributed by atoms with Gasteiger partial charge in [-0.15, -0.1) is 0 Å². The topological polar surface area (TPSA) is 38.5 Å². The van der Waals surface area contributed by atoms with E-state index in [-0.39, 0.29) is 5.60 Å². The van der Waals surface area contributed by atoms with Gasteiger partial charge in [0.1, 0.15) is 4.99 Å². The van der Waals surface area contributed by atoms with Crippen LogP contribution in [0, 0.1) is 0 Å². The van der Waals surface area contributed by atoms with E-state index in [1.807, 2.05) is 18.2 Å². The zero-order chi connectivity index (χ0) is 14.8. The van der Waals surface area contributed by atoms with Crippen LogP contribution in [0.25, 0.3) is 0 Å². The maximum atomic E-state index is 6.32. The molecule has 2 N–H and O–H groups in total. The van der Waals surface area contributed by atoms with Gasteiger partial charge in [0, 0.05) is 30.8 Å². The number of halogens is 1. The van der Waals surface area contributed by atoms with E-state index < -0.39 is 0 Å². The fourth-order valence-corrected chi connectivity index (χ4v) is 3.05. The lowest BCUT2D eigenvalue weighted by molar-refractivity contribution is -0.0526. The third-order valence-electron chi connectivity index (χ3n) is 3.96. The van der Waals surface area contributed by atoms with Crippen LogP contribution in [0.2, 0.25) is 5.02 Å². The Morgan fingerprint density at radius 1 is 1.55 bits per heavy atom. The van der Waals surface area contributed by atoms with Gasteiger partial charge in [-0.05, 0) is 37.9 Å². The van der Waals surface area contributed by atoms with Gasteiger partial charge in [0.25, 0.3) is 0 Å². The number of thiocarbonyl (C=S) groups is 1. The van der Waals surface area contributed by atoms with Crippen LogP contribution in [0.15, 0.2) is 18.2 Å². The normalized spacial score (nSPS) is 23.8. The smallest absolute Gasteiger partial charge is 0.104 e. The number of methoxy groups -OCH3 is 1. The number of nitrogens with two attached hydrogens (primary N) is 1. The average Bonchev–Trinajstić information content (AvgIpc) is 2.41. The molecule has 1 aliphatic rings. The summed E-state index contributed by atoms with van der Waals surface area (Å²) >= 11 is 11.3. The van der Waals surface area contributed by atoms with E-state index >= 15 is 0 Å². The van der Waals surface area contributed by atoms with Gasteiger partial charge >= 0.3 is 0 Å². The fraction of sp³-hybridized carbons (Fsp3) is 0.533. The summed E-state index contributed by atoms with van der Waals surface area (Å²) in [6, 6.07) is 5.79. The molecule has 1 fully saturated rings. The number of hydrogen-bond acceptors (Lipinski definition) is 3. The Kier molecular flexibility index (Phi) is 5.02. The molecule has 0 bridgehead atoms. The van der Waals surface area contributed by atoms with Crippen LogP contribution < -0.4 is 5.73 Å². The zero-order valence-electron chi connectivity index (χ0n) is 12.0. The highest BCUT2D eigenvalue weighted by atomic mass is 35.5. The number of nitrogens with zero attached hydrogens (tertiary/aromatic N) is 1. The van der Waals surface area contributed by atoms with Gasteiger partial charge in [-0.25, -0.2) is 0 Å². The molecule has 1 aromatic carbocycles. The molecule has 0 amide bonds. The van der Waals surface area contributed by atoms with Crippen molar-refractivity contribution < 1.29 is 4.74 Å². The van der Waals surface area contributed by atoms with Crippen LogP contribution in [0.3, 0.4) is 0 Å². The van der Waals surface area contributed by atoms with E-state index in [1.165, 1.54) is 0 Å². The van der Waals surface area contributed by atoms with Crippen LogP contribution in [0.5, 0.6) is 0 Å². The van der Waals surface area contributed by atoms with E-state index in [1.54, 1.807) is 7.11 Å². The van der Waals surface area contributed by atoms with Gasteiger partial charge in [0.15, 0.2) is 0 Å². The summed E-state index contributed by atoms with van der Waals surface area (Å²) in [6.45, 7) is 5.00. The van der Waals surface area contributed by atoms with Crippen molar-refractivity contribution in [2.24, 2.45) is 5.73 Å². The highest BCUT2D eigenvalue weighted by molar-refractivity contribution is 7.80. The van der Waals surface area contributed by atoms with Crippen molar-refractivity contribution in [1.29, 1.82) is 0 Å². The molecular weight excluding hydrogens is 292 g/mol. The minimum Gasteiger partial charge on any atom is -0.389 e. The Bertz CT molecular complexity index is 509. The van der Waals surface area contributed by atoms with Crippen molar-refractivity contribution in [3.8, 4) is 0 Å². The quantitative estimate of drug-likeness (QED) is 0.868. The Morgan fingerprint density at radius 3 is 2.90 bits per heavy atom. The first-order valence-electron chi connectivity index (χ1n) is 6.79. The first-order chi connectivity index (χ1) is 9.43. The molecule has 1 heterocycles. The number of benzene rings is 1. The largest absolute Gasteiger partial charge is 0.389 e. The van der Waals surface area contributed by atoms with Gasteiger partial charge in [-0.2, -0.15) is 0 Å². The van der Waals surface area contributed by atoms with Crippen LogP contribution in [0.4, 0.5) is 0 Å². The van der Waals surface area contributed by atoms with Crippen LogP contribution in [-0.2, 0) is 11.3 Å². The average molecular weight is 313 g/mol. The SMILES string of the molecule is COC1(C)CCCN(Cc2ccc(C(N)=S)cc2Cl)C1. The molecule has 1 saturated heterocycles. The third kappa shape index (κ3) is 3.70.